The number of amides is 1. The molecule has 0 saturated heterocycles. The van der Waals surface area contributed by atoms with E-state index in [0.717, 1.165) is 12.8 Å². The van der Waals surface area contributed by atoms with Crippen LogP contribution in [0.3, 0.4) is 0 Å². The van der Waals surface area contributed by atoms with Crippen LogP contribution in [0.25, 0.3) is 0 Å². The number of hydrogen-bond acceptors (Lipinski definition) is 4. The Labute approximate surface area is 101 Å². The minimum atomic E-state index is 0.0378. The van der Waals surface area contributed by atoms with Crippen LogP contribution in [0.1, 0.15) is 36.0 Å². The molecular weight excluding hydrogens is 216 g/mol. The van der Waals surface area contributed by atoms with Gasteiger partial charge in [0.1, 0.15) is 5.82 Å². The topological polar surface area (TPSA) is 71.2 Å². The maximum absolute atomic E-state index is 12.2. The number of anilines is 1. The summed E-state index contributed by atoms with van der Waals surface area (Å²) in [5.74, 6) is 5.83. The molecule has 0 spiro atoms. The van der Waals surface area contributed by atoms with Crippen molar-refractivity contribution in [1.82, 2.24) is 9.88 Å². The summed E-state index contributed by atoms with van der Waals surface area (Å²) in [5, 5.41) is 0. The number of hydrogen-bond donors (Lipinski definition) is 2. The number of nitrogens with one attached hydrogen (secondary N) is 1. The van der Waals surface area contributed by atoms with Gasteiger partial charge in [-0.2, -0.15) is 0 Å². The molecule has 0 bridgehead atoms. The molecule has 0 radical (unpaired) electrons. The van der Waals surface area contributed by atoms with Crippen LogP contribution in [0.5, 0.6) is 0 Å². The van der Waals surface area contributed by atoms with E-state index in [1.807, 2.05) is 11.9 Å². The van der Waals surface area contributed by atoms with Crippen molar-refractivity contribution in [3.05, 3.63) is 23.9 Å². The van der Waals surface area contributed by atoms with Crippen LogP contribution in [0, 0.1) is 0 Å². The van der Waals surface area contributed by atoms with Gasteiger partial charge in [0.05, 0.1) is 0 Å². The van der Waals surface area contributed by atoms with Gasteiger partial charge >= 0.3 is 0 Å². The number of aromatic nitrogens is 1. The molecule has 1 aliphatic carbocycles. The molecule has 2 rings (SSSR count). The Hall–Kier alpha value is -1.62. The number of nitrogens with zero attached hydrogens (tertiary/aromatic N) is 2. The molecule has 1 aromatic heterocycles. The largest absolute Gasteiger partial charge is 0.339 e. The van der Waals surface area contributed by atoms with E-state index in [4.69, 9.17) is 5.84 Å². The summed E-state index contributed by atoms with van der Waals surface area (Å²) in [5.41, 5.74) is 3.08. The van der Waals surface area contributed by atoms with Crippen molar-refractivity contribution in [2.45, 2.75) is 31.7 Å². The number of nitrogen functional groups attached to an aromatic ring is 1. The van der Waals surface area contributed by atoms with Gasteiger partial charge in [-0.3, -0.25) is 4.79 Å². The van der Waals surface area contributed by atoms with Crippen LogP contribution in [-0.2, 0) is 0 Å². The van der Waals surface area contributed by atoms with E-state index in [1.165, 1.54) is 12.8 Å². The molecule has 0 aliphatic heterocycles. The molecule has 1 heterocycles. The monoisotopic (exact) mass is 234 g/mol. The van der Waals surface area contributed by atoms with Crippen molar-refractivity contribution in [3.63, 3.8) is 0 Å². The molecule has 3 N–H and O–H groups in total. The number of nitrogens with two attached hydrogens (primary N) is 1. The Morgan fingerprint density at radius 2 is 2.24 bits per heavy atom. The van der Waals surface area contributed by atoms with Gasteiger partial charge in [0.15, 0.2) is 0 Å². The standard InChI is InChI=1S/C12H18N4O/c1-16(10-4-2-3-5-10)12(17)9-6-7-14-11(8-9)15-13/h6-8,10H,2-5,13H2,1H3,(H,14,15). The number of rotatable bonds is 3. The maximum Gasteiger partial charge on any atom is 0.254 e. The lowest BCUT2D eigenvalue weighted by molar-refractivity contribution is 0.0735. The maximum atomic E-state index is 12.2. The van der Waals surface area contributed by atoms with Crippen LogP contribution in [0.15, 0.2) is 18.3 Å². The van der Waals surface area contributed by atoms with Gasteiger partial charge in [-0.05, 0) is 25.0 Å². The first-order valence-corrected chi connectivity index (χ1v) is 5.92. The Bertz CT molecular complexity index is 401. The first-order valence-electron chi connectivity index (χ1n) is 5.92. The predicted molar refractivity (Wildman–Crippen MR) is 66.4 cm³/mol. The number of pyridine rings is 1. The first kappa shape index (κ1) is 11.9. The van der Waals surface area contributed by atoms with Crippen LogP contribution in [0.2, 0.25) is 0 Å². The third-order valence-corrected chi connectivity index (χ3v) is 3.35. The van der Waals surface area contributed by atoms with E-state index >= 15 is 0 Å². The number of carbonyl (C=O) groups excluding carboxylic acids is 1. The van der Waals surface area contributed by atoms with Crippen molar-refractivity contribution < 1.29 is 4.79 Å². The predicted octanol–water partition coefficient (Wildman–Crippen LogP) is 1.38. The summed E-state index contributed by atoms with van der Waals surface area (Å²) < 4.78 is 0. The molecule has 1 fully saturated rings. The second kappa shape index (κ2) is 5.14. The van der Waals surface area contributed by atoms with Gasteiger partial charge in [-0.25, -0.2) is 10.8 Å². The highest BCUT2D eigenvalue weighted by Gasteiger charge is 2.24. The Morgan fingerprint density at radius 3 is 2.88 bits per heavy atom. The second-order valence-electron chi connectivity index (χ2n) is 4.43. The van der Waals surface area contributed by atoms with Crippen LogP contribution in [0.4, 0.5) is 5.82 Å². The van der Waals surface area contributed by atoms with E-state index in [-0.39, 0.29) is 5.91 Å². The van der Waals surface area contributed by atoms with Gasteiger partial charge in [0, 0.05) is 24.8 Å². The van der Waals surface area contributed by atoms with Crippen molar-refractivity contribution in [1.29, 1.82) is 0 Å². The van der Waals surface area contributed by atoms with Gasteiger partial charge in [-0.15, -0.1) is 0 Å². The zero-order valence-electron chi connectivity index (χ0n) is 10.0. The fourth-order valence-electron chi connectivity index (χ4n) is 2.30. The quantitative estimate of drug-likeness (QED) is 0.612. The van der Waals surface area contributed by atoms with Crippen molar-refractivity contribution in [2.24, 2.45) is 5.84 Å². The average Bonchev–Trinajstić information content (AvgIpc) is 2.91. The Balaban J connectivity index is 2.12. The normalized spacial score (nSPS) is 15.9. The van der Waals surface area contributed by atoms with E-state index in [9.17, 15) is 4.79 Å². The van der Waals surface area contributed by atoms with Gasteiger partial charge < -0.3 is 10.3 Å². The number of hydrazine groups is 1. The molecule has 0 unspecified atom stereocenters. The van der Waals surface area contributed by atoms with E-state index in [0.29, 0.717) is 17.4 Å². The molecule has 17 heavy (non-hydrogen) atoms. The molecule has 1 aromatic rings. The third-order valence-electron chi connectivity index (χ3n) is 3.35. The molecule has 0 atom stereocenters. The lowest BCUT2D eigenvalue weighted by atomic mass is 10.1. The van der Waals surface area contributed by atoms with Crippen LogP contribution in [-0.4, -0.2) is 28.9 Å². The van der Waals surface area contributed by atoms with Gasteiger partial charge in [-0.1, -0.05) is 12.8 Å². The highest BCUT2D eigenvalue weighted by Crippen LogP contribution is 2.23. The van der Waals surface area contributed by atoms with E-state index in [2.05, 4.69) is 10.4 Å². The average molecular weight is 234 g/mol. The summed E-state index contributed by atoms with van der Waals surface area (Å²) in [6.45, 7) is 0. The minimum Gasteiger partial charge on any atom is -0.339 e. The van der Waals surface area contributed by atoms with Gasteiger partial charge in [0.25, 0.3) is 5.91 Å². The third kappa shape index (κ3) is 2.55. The summed E-state index contributed by atoms with van der Waals surface area (Å²) in [4.78, 5) is 18.1. The lowest BCUT2D eigenvalue weighted by Gasteiger charge is -2.24. The SMILES string of the molecule is CN(C(=O)c1ccnc(NN)c1)C1CCCC1. The fourth-order valence-corrected chi connectivity index (χ4v) is 2.30. The molecule has 1 aliphatic rings. The highest BCUT2D eigenvalue weighted by atomic mass is 16.2. The Morgan fingerprint density at radius 1 is 1.53 bits per heavy atom. The molecule has 0 aromatic carbocycles. The molecular formula is C12H18N4O. The highest BCUT2D eigenvalue weighted by molar-refractivity contribution is 5.94. The van der Waals surface area contributed by atoms with Crippen molar-refractivity contribution >= 4 is 11.7 Å². The summed E-state index contributed by atoms with van der Waals surface area (Å²) in [6, 6.07) is 3.77. The molecule has 1 amide bonds. The van der Waals surface area contributed by atoms with Crippen LogP contribution < -0.4 is 11.3 Å². The van der Waals surface area contributed by atoms with E-state index in [1.54, 1.807) is 18.3 Å². The number of carbonyl (C=O) groups is 1. The molecule has 5 nitrogen and oxygen atoms in total. The van der Waals surface area contributed by atoms with Gasteiger partial charge in [0.2, 0.25) is 0 Å². The fraction of sp³-hybridized carbons (Fsp3) is 0.500. The van der Waals surface area contributed by atoms with E-state index < -0.39 is 0 Å². The smallest absolute Gasteiger partial charge is 0.254 e. The molecule has 5 heteroatoms. The van der Waals surface area contributed by atoms with Crippen molar-refractivity contribution in [2.75, 3.05) is 12.5 Å². The first-order chi connectivity index (χ1) is 8.22. The van der Waals surface area contributed by atoms with Crippen LogP contribution >= 0.6 is 0 Å². The zero-order chi connectivity index (χ0) is 12.3. The van der Waals surface area contributed by atoms with Crippen molar-refractivity contribution in [3.8, 4) is 0 Å². The Kier molecular flexibility index (Phi) is 3.58. The minimum absolute atomic E-state index is 0.0378. The summed E-state index contributed by atoms with van der Waals surface area (Å²) in [7, 11) is 1.87. The zero-order valence-corrected chi connectivity index (χ0v) is 10.0. The second-order valence-corrected chi connectivity index (χ2v) is 4.43. The summed E-state index contributed by atoms with van der Waals surface area (Å²) >= 11 is 0. The summed E-state index contributed by atoms with van der Waals surface area (Å²) in [6.07, 6.45) is 6.23. The molecule has 92 valence electrons. The molecule has 1 saturated carbocycles. The lowest BCUT2D eigenvalue weighted by Crippen LogP contribution is -2.35.